The topological polar surface area (TPSA) is 106 Å². The summed E-state index contributed by atoms with van der Waals surface area (Å²) in [7, 11) is 0. The molecule has 1 rings (SSSR count). The zero-order valence-corrected chi connectivity index (χ0v) is 17.8. The van der Waals surface area contributed by atoms with E-state index in [1.54, 1.807) is 20.8 Å². The smallest absolute Gasteiger partial charge is 0.408 e. The van der Waals surface area contributed by atoms with Crippen LogP contribution in [0.3, 0.4) is 0 Å². The van der Waals surface area contributed by atoms with Crippen LogP contribution in [0.5, 0.6) is 5.75 Å². The van der Waals surface area contributed by atoms with E-state index in [1.165, 1.54) is 0 Å². The van der Waals surface area contributed by atoms with Gasteiger partial charge in [0.25, 0.3) is 0 Å². The predicted octanol–water partition coefficient (Wildman–Crippen LogP) is 2.30. The van der Waals surface area contributed by atoms with Gasteiger partial charge in [0.1, 0.15) is 11.4 Å². The minimum atomic E-state index is -0.633. The summed E-state index contributed by atoms with van der Waals surface area (Å²) in [4.78, 5) is 34.9. The van der Waals surface area contributed by atoms with Gasteiger partial charge in [-0.05, 0) is 52.2 Å². The lowest BCUT2D eigenvalue weighted by Crippen LogP contribution is -2.40. The molecular weight excluding hydrogens is 374 g/mol. The van der Waals surface area contributed by atoms with Gasteiger partial charge in [0, 0.05) is 19.5 Å². The second-order valence-corrected chi connectivity index (χ2v) is 7.63. The molecule has 0 saturated heterocycles. The van der Waals surface area contributed by atoms with Crippen molar-refractivity contribution in [2.75, 3.05) is 26.2 Å². The molecule has 0 fully saturated rings. The lowest BCUT2D eigenvalue weighted by Gasteiger charge is -2.19. The standard InChI is InChI=1S/C21H33N3O5/c1-16-9-5-6-10-17(16)28-14-7-11-18(25)22-12-8-13-23-19(26)15-24-20(27)29-21(2,3)4/h5-6,9-10H,7-8,11-15H2,1-4H3,(H,22,25)(H,23,26)(H,24,27). The van der Waals surface area contributed by atoms with Crippen molar-refractivity contribution in [2.45, 2.75) is 52.6 Å². The first-order valence-corrected chi connectivity index (χ1v) is 9.86. The molecule has 29 heavy (non-hydrogen) atoms. The maximum atomic E-state index is 11.8. The van der Waals surface area contributed by atoms with Crippen molar-refractivity contribution in [3.8, 4) is 5.75 Å². The van der Waals surface area contributed by atoms with Crippen molar-refractivity contribution in [2.24, 2.45) is 0 Å². The summed E-state index contributed by atoms with van der Waals surface area (Å²) in [6.45, 7) is 8.44. The number of benzene rings is 1. The van der Waals surface area contributed by atoms with Crippen LogP contribution >= 0.6 is 0 Å². The van der Waals surface area contributed by atoms with Gasteiger partial charge in [-0.1, -0.05) is 18.2 Å². The molecule has 3 amide bonds. The van der Waals surface area contributed by atoms with E-state index >= 15 is 0 Å². The van der Waals surface area contributed by atoms with Crippen molar-refractivity contribution >= 4 is 17.9 Å². The first-order valence-electron chi connectivity index (χ1n) is 9.86. The Labute approximate surface area is 172 Å². The van der Waals surface area contributed by atoms with E-state index in [4.69, 9.17) is 9.47 Å². The molecule has 8 nitrogen and oxygen atoms in total. The Morgan fingerprint density at radius 3 is 2.24 bits per heavy atom. The van der Waals surface area contributed by atoms with Gasteiger partial charge in [-0.15, -0.1) is 0 Å². The number of amides is 3. The minimum absolute atomic E-state index is 0.0451. The Kier molecular flexibility index (Phi) is 10.6. The van der Waals surface area contributed by atoms with Gasteiger partial charge in [-0.2, -0.15) is 0 Å². The van der Waals surface area contributed by atoms with Crippen molar-refractivity contribution in [1.29, 1.82) is 0 Å². The van der Waals surface area contributed by atoms with Crippen molar-refractivity contribution in [3.05, 3.63) is 29.8 Å². The molecule has 0 bridgehead atoms. The lowest BCUT2D eigenvalue weighted by atomic mass is 10.2. The van der Waals surface area contributed by atoms with Crippen LogP contribution in [0, 0.1) is 6.92 Å². The SMILES string of the molecule is Cc1ccccc1OCCCC(=O)NCCCNC(=O)CNC(=O)OC(C)(C)C. The largest absolute Gasteiger partial charge is 0.493 e. The van der Waals surface area contributed by atoms with E-state index in [2.05, 4.69) is 16.0 Å². The fourth-order valence-corrected chi connectivity index (χ4v) is 2.29. The van der Waals surface area contributed by atoms with E-state index in [0.717, 1.165) is 11.3 Å². The van der Waals surface area contributed by atoms with Gasteiger partial charge in [-0.3, -0.25) is 9.59 Å². The van der Waals surface area contributed by atoms with Gasteiger partial charge in [0.05, 0.1) is 13.2 Å². The van der Waals surface area contributed by atoms with Crippen LogP contribution in [0.15, 0.2) is 24.3 Å². The maximum absolute atomic E-state index is 11.8. The van der Waals surface area contributed by atoms with Crippen molar-refractivity contribution < 1.29 is 23.9 Å². The molecule has 0 radical (unpaired) electrons. The van der Waals surface area contributed by atoms with Crippen LogP contribution in [-0.2, 0) is 14.3 Å². The zero-order chi connectivity index (χ0) is 21.7. The summed E-state index contributed by atoms with van der Waals surface area (Å²) in [5.74, 6) is 0.483. The molecule has 0 unspecified atom stereocenters. The number of hydrogen-bond acceptors (Lipinski definition) is 5. The summed E-state index contributed by atoms with van der Waals surface area (Å²) in [5, 5.41) is 7.86. The molecule has 0 aliphatic rings. The highest BCUT2D eigenvalue weighted by atomic mass is 16.6. The van der Waals surface area contributed by atoms with E-state index in [-0.39, 0.29) is 18.4 Å². The fourth-order valence-electron chi connectivity index (χ4n) is 2.29. The van der Waals surface area contributed by atoms with Crippen molar-refractivity contribution in [1.82, 2.24) is 16.0 Å². The van der Waals surface area contributed by atoms with Crippen LogP contribution in [0.2, 0.25) is 0 Å². The molecule has 0 saturated carbocycles. The zero-order valence-electron chi connectivity index (χ0n) is 17.8. The first-order chi connectivity index (χ1) is 13.7. The third kappa shape index (κ3) is 12.3. The Hall–Kier alpha value is -2.77. The second kappa shape index (κ2) is 12.6. The molecule has 3 N–H and O–H groups in total. The van der Waals surface area contributed by atoms with Crippen LogP contribution in [0.1, 0.15) is 45.6 Å². The molecule has 0 aromatic heterocycles. The van der Waals surface area contributed by atoms with Gasteiger partial charge in [0.15, 0.2) is 0 Å². The highest BCUT2D eigenvalue weighted by Crippen LogP contribution is 2.16. The van der Waals surface area contributed by atoms with Crippen LogP contribution in [-0.4, -0.2) is 49.7 Å². The Morgan fingerprint density at radius 1 is 0.931 bits per heavy atom. The molecule has 0 heterocycles. The monoisotopic (exact) mass is 407 g/mol. The number of alkyl carbamates (subject to hydrolysis) is 1. The molecule has 162 valence electrons. The molecule has 0 spiro atoms. The highest BCUT2D eigenvalue weighted by Gasteiger charge is 2.16. The number of carbonyl (C=O) groups is 3. The van der Waals surface area contributed by atoms with Crippen LogP contribution in [0.4, 0.5) is 4.79 Å². The normalized spacial score (nSPS) is 10.8. The van der Waals surface area contributed by atoms with E-state index in [0.29, 0.717) is 39.0 Å². The number of nitrogens with one attached hydrogen (secondary N) is 3. The number of ether oxygens (including phenoxy) is 2. The Morgan fingerprint density at radius 2 is 1.59 bits per heavy atom. The number of carbonyl (C=O) groups excluding carboxylic acids is 3. The lowest BCUT2D eigenvalue weighted by molar-refractivity contribution is -0.121. The molecule has 1 aromatic carbocycles. The predicted molar refractivity (Wildman–Crippen MR) is 111 cm³/mol. The van der Waals surface area contributed by atoms with Crippen LogP contribution < -0.4 is 20.7 Å². The first kappa shape index (κ1) is 24.3. The summed E-state index contributed by atoms with van der Waals surface area (Å²) in [6.07, 6.45) is 0.987. The van der Waals surface area contributed by atoms with Crippen LogP contribution in [0.25, 0.3) is 0 Å². The third-order valence-corrected chi connectivity index (χ3v) is 3.69. The maximum Gasteiger partial charge on any atom is 0.408 e. The molecule has 0 aliphatic heterocycles. The minimum Gasteiger partial charge on any atom is -0.493 e. The quantitative estimate of drug-likeness (QED) is 0.488. The number of rotatable bonds is 11. The van der Waals surface area contributed by atoms with E-state index in [1.807, 2.05) is 31.2 Å². The van der Waals surface area contributed by atoms with E-state index < -0.39 is 11.7 Å². The van der Waals surface area contributed by atoms with Crippen molar-refractivity contribution in [3.63, 3.8) is 0 Å². The molecular formula is C21H33N3O5. The fraction of sp³-hybridized carbons (Fsp3) is 0.571. The van der Waals surface area contributed by atoms with Gasteiger partial charge in [-0.25, -0.2) is 4.79 Å². The molecule has 0 aliphatic carbocycles. The third-order valence-electron chi connectivity index (χ3n) is 3.69. The summed E-state index contributed by atoms with van der Waals surface area (Å²) in [6, 6.07) is 7.76. The molecule has 1 aromatic rings. The second-order valence-electron chi connectivity index (χ2n) is 7.63. The number of para-hydroxylation sites is 1. The average molecular weight is 408 g/mol. The van der Waals surface area contributed by atoms with Gasteiger partial charge in [0.2, 0.25) is 11.8 Å². The van der Waals surface area contributed by atoms with E-state index in [9.17, 15) is 14.4 Å². The summed E-state index contributed by atoms with van der Waals surface area (Å²) >= 11 is 0. The number of aryl methyl sites for hydroxylation is 1. The molecule has 0 atom stereocenters. The Bertz CT molecular complexity index is 671. The molecule has 8 heteroatoms. The number of hydrogen-bond donors (Lipinski definition) is 3. The average Bonchev–Trinajstić information content (AvgIpc) is 2.63. The van der Waals surface area contributed by atoms with Gasteiger partial charge < -0.3 is 25.4 Å². The van der Waals surface area contributed by atoms with Gasteiger partial charge >= 0.3 is 6.09 Å². The summed E-state index contributed by atoms with van der Waals surface area (Å²) < 4.78 is 10.7. The summed E-state index contributed by atoms with van der Waals surface area (Å²) in [5.41, 5.74) is 0.464. The highest BCUT2D eigenvalue weighted by molar-refractivity contribution is 5.82. The Balaban J connectivity index is 2.01.